The van der Waals surface area contributed by atoms with Crippen molar-refractivity contribution in [3.63, 3.8) is 0 Å². The Morgan fingerprint density at radius 2 is 2.11 bits per heavy atom. The third-order valence-corrected chi connectivity index (χ3v) is 7.21. The number of anilines is 1. The molecule has 2 aliphatic heterocycles. The van der Waals surface area contributed by atoms with E-state index in [2.05, 4.69) is 15.3 Å². The standard InChI is InChI=1S/C23H24FN5O5S/c1-12-6-17(28-8-13(9-28)21(31)25-7-14-4-2-3-5-34-14)27-20-18(12)19(30)15(22(32)33)10-29(20)23-26-16(24)11-35-23/h6,10-11,13-14H,2-5,7-9H2,1H3,(H,25,31)(H,32,33). The number of nitrogens with zero attached hydrogens (tertiary/aromatic N) is 4. The van der Waals surface area contributed by atoms with Crippen molar-refractivity contribution in [2.45, 2.75) is 32.3 Å². The van der Waals surface area contributed by atoms with Crippen LogP contribution >= 0.6 is 11.3 Å². The molecule has 10 nitrogen and oxygen atoms in total. The van der Waals surface area contributed by atoms with Gasteiger partial charge in [-0.2, -0.15) is 9.37 Å². The molecule has 2 N–H and O–H groups in total. The van der Waals surface area contributed by atoms with Crippen molar-refractivity contribution in [1.29, 1.82) is 0 Å². The van der Waals surface area contributed by atoms with E-state index in [-0.39, 0.29) is 34.1 Å². The number of aromatic nitrogens is 3. The van der Waals surface area contributed by atoms with E-state index in [1.165, 1.54) is 9.95 Å². The summed E-state index contributed by atoms with van der Waals surface area (Å²) < 4.78 is 20.6. The minimum absolute atomic E-state index is 0.0331. The molecule has 2 fully saturated rings. The fourth-order valence-corrected chi connectivity index (χ4v) is 5.10. The maximum absolute atomic E-state index is 13.6. The lowest BCUT2D eigenvalue weighted by Crippen LogP contribution is -2.55. The second kappa shape index (κ2) is 9.34. The lowest BCUT2D eigenvalue weighted by Gasteiger charge is -2.39. The number of thiazole rings is 1. The van der Waals surface area contributed by atoms with Gasteiger partial charge in [-0.1, -0.05) is 0 Å². The van der Waals surface area contributed by atoms with Crippen LogP contribution in [-0.4, -0.2) is 63.9 Å². The molecule has 1 atom stereocenters. The second-order valence-corrected chi connectivity index (χ2v) is 9.67. The van der Waals surface area contributed by atoms with Crippen LogP contribution in [0.2, 0.25) is 0 Å². The Hall–Kier alpha value is -3.38. The number of aryl methyl sites for hydroxylation is 1. The summed E-state index contributed by atoms with van der Waals surface area (Å²) >= 11 is 0.970. The Balaban J connectivity index is 1.40. The molecule has 1 unspecified atom stereocenters. The zero-order valence-corrected chi connectivity index (χ0v) is 19.8. The van der Waals surface area contributed by atoms with Crippen LogP contribution in [0, 0.1) is 18.8 Å². The van der Waals surface area contributed by atoms with E-state index in [1.807, 2.05) is 4.90 Å². The number of hydrogen-bond donors (Lipinski definition) is 2. The molecule has 0 saturated carbocycles. The van der Waals surface area contributed by atoms with Gasteiger partial charge in [0.15, 0.2) is 10.8 Å². The number of carbonyl (C=O) groups is 2. The molecule has 184 valence electrons. The molecule has 0 spiro atoms. The van der Waals surface area contributed by atoms with Crippen LogP contribution in [-0.2, 0) is 9.53 Å². The van der Waals surface area contributed by atoms with Gasteiger partial charge < -0.3 is 20.1 Å². The van der Waals surface area contributed by atoms with Crippen LogP contribution in [0.1, 0.15) is 35.2 Å². The summed E-state index contributed by atoms with van der Waals surface area (Å²) in [6.07, 6.45) is 4.31. The Bertz CT molecular complexity index is 1360. The smallest absolute Gasteiger partial charge is 0.341 e. The van der Waals surface area contributed by atoms with Crippen molar-refractivity contribution in [3.8, 4) is 5.13 Å². The van der Waals surface area contributed by atoms with Crippen LogP contribution in [0.25, 0.3) is 16.2 Å². The Morgan fingerprint density at radius 1 is 1.31 bits per heavy atom. The van der Waals surface area contributed by atoms with Crippen LogP contribution in [0.4, 0.5) is 10.2 Å². The summed E-state index contributed by atoms with van der Waals surface area (Å²) in [7, 11) is 0. The quantitative estimate of drug-likeness (QED) is 0.526. The number of ether oxygens (including phenoxy) is 1. The number of fused-ring (bicyclic) bond motifs is 1. The van der Waals surface area contributed by atoms with Gasteiger partial charge in [0.2, 0.25) is 17.3 Å². The maximum atomic E-state index is 13.6. The summed E-state index contributed by atoms with van der Waals surface area (Å²) in [4.78, 5) is 47.4. The highest BCUT2D eigenvalue weighted by Gasteiger charge is 2.34. The topological polar surface area (TPSA) is 127 Å². The van der Waals surface area contributed by atoms with E-state index in [1.54, 1.807) is 13.0 Å². The molecule has 0 aliphatic carbocycles. The van der Waals surface area contributed by atoms with E-state index >= 15 is 0 Å². The molecule has 5 heterocycles. The maximum Gasteiger partial charge on any atom is 0.341 e. The molecule has 2 saturated heterocycles. The summed E-state index contributed by atoms with van der Waals surface area (Å²) in [5, 5.41) is 14.0. The first-order valence-electron chi connectivity index (χ1n) is 11.4. The zero-order valence-electron chi connectivity index (χ0n) is 19.0. The molecule has 0 radical (unpaired) electrons. The van der Waals surface area contributed by atoms with Gasteiger partial charge in [0.25, 0.3) is 0 Å². The molecular formula is C23H24FN5O5S. The van der Waals surface area contributed by atoms with Crippen molar-refractivity contribution < 1.29 is 23.8 Å². The van der Waals surface area contributed by atoms with E-state index < -0.39 is 22.9 Å². The van der Waals surface area contributed by atoms with Crippen LogP contribution in [0.5, 0.6) is 0 Å². The van der Waals surface area contributed by atoms with Gasteiger partial charge in [0.1, 0.15) is 11.4 Å². The largest absolute Gasteiger partial charge is 0.477 e. The van der Waals surface area contributed by atoms with Crippen molar-refractivity contribution in [1.82, 2.24) is 19.9 Å². The molecule has 3 aromatic heterocycles. The van der Waals surface area contributed by atoms with E-state index in [0.29, 0.717) is 31.0 Å². The average molecular weight is 502 g/mol. The minimum atomic E-state index is -1.39. The number of hydrogen-bond acceptors (Lipinski definition) is 8. The summed E-state index contributed by atoms with van der Waals surface area (Å²) in [6.45, 7) is 3.85. The number of amides is 1. The molecule has 3 aromatic rings. The zero-order chi connectivity index (χ0) is 24.7. The fraction of sp³-hybridized carbons (Fsp3) is 0.435. The third kappa shape index (κ3) is 4.50. The molecule has 5 rings (SSSR count). The lowest BCUT2D eigenvalue weighted by atomic mass is 9.98. The number of carboxylic acids is 1. The molecule has 0 aromatic carbocycles. The van der Waals surface area contributed by atoms with Crippen molar-refractivity contribution in [2.75, 3.05) is 31.1 Å². The number of nitrogens with one attached hydrogen (secondary N) is 1. The van der Waals surface area contributed by atoms with Crippen LogP contribution in [0.3, 0.4) is 0 Å². The number of rotatable bonds is 6. The van der Waals surface area contributed by atoms with Gasteiger partial charge in [0, 0.05) is 37.8 Å². The van der Waals surface area contributed by atoms with Gasteiger partial charge in [-0.15, -0.1) is 11.3 Å². The molecule has 2 aliphatic rings. The number of carboxylic acid groups (broad SMARTS) is 1. The van der Waals surface area contributed by atoms with Crippen LogP contribution in [0.15, 0.2) is 22.4 Å². The highest BCUT2D eigenvalue weighted by atomic mass is 32.1. The average Bonchev–Trinajstić information content (AvgIpc) is 3.23. The van der Waals surface area contributed by atoms with Gasteiger partial charge in [-0.25, -0.2) is 9.78 Å². The van der Waals surface area contributed by atoms with Gasteiger partial charge in [-0.05, 0) is 37.8 Å². The summed E-state index contributed by atoms with van der Waals surface area (Å²) in [6, 6.07) is 1.70. The second-order valence-electron chi connectivity index (χ2n) is 8.83. The first kappa shape index (κ1) is 23.4. The first-order chi connectivity index (χ1) is 16.8. The highest BCUT2D eigenvalue weighted by molar-refractivity contribution is 7.12. The minimum Gasteiger partial charge on any atom is -0.477 e. The first-order valence-corrected chi connectivity index (χ1v) is 12.3. The predicted octanol–water partition coefficient (Wildman–Crippen LogP) is 2.11. The summed E-state index contributed by atoms with van der Waals surface area (Å²) in [5.41, 5.74) is -0.394. The van der Waals surface area contributed by atoms with Crippen molar-refractivity contribution in [3.05, 3.63) is 44.9 Å². The monoisotopic (exact) mass is 501 g/mol. The van der Waals surface area contributed by atoms with Crippen LogP contribution < -0.4 is 15.6 Å². The Labute approximate surface area is 203 Å². The van der Waals surface area contributed by atoms with Gasteiger partial charge in [-0.3, -0.25) is 14.2 Å². The third-order valence-electron chi connectivity index (χ3n) is 6.40. The highest BCUT2D eigenvalue weighted by Crippen LogP contribution is 2.28. The number of aromatic carboxylic acids is 1. The number of carbonyl (C=O) groups excluding carboxylic acids is 1. The van der Waals surface area contributed by atoms with Gasteiger partial charge in [0.05, 0.1) is 17.4 Å². The van der Waals surface area contributed by atoms with E-state index in [9.17, 15) is 23.9 Å². The van der Waals surface area contributed by atoms with Crippen molar-refractivity contribution >= 4 is 40.1 Å². The number of halogens is 1. The fourth-order valence-electron chi connectivity index (χ4n) is 4.45. The summed E-state index contributed by atoms with van der Waals surface area (Å²) in [5.74, 6) is -1.78. The normalized spacial score (nSPS) is 18.5. The molecule has 1 amide bonds. The molecule has 35 heavy (non-hydrogen) atoms. The van der Waals surface area contributed by atoms with E-state index in [4.69, 9.17) is 4.74 Å². The number of pyridine rings is 2. The van der Waals surface area contributed by atoms with E-state index in [0.717, 1.165) is 43.4 Å². The SMILES string of the molecule is Cc1cc(N2CC(C(=O)NCC3CCCCO3)C2)nc2c1c(=O)c(C(=O)O)cn2-c1nc(F)cs1. The Morgan fingerprint density at radius 3 is 2.77 bits per heavy atom. The molecule has 12 heteroatoms. The van der Waals surface area contributed by atoms with Gasteiger partial charge >= 0.3 is 5.97 Å². The predicted molar refractivity (Wildman–Crippen MR) is 127 cm³/mol. The van der Waals surface area contributed by atoms with Crippen molar-refractivity contribution in [2.24, 2.45) is 5.92 Å². The Kier molecular flexibility index (Phi) is 6.24. The lowest BCUT2D eigenvalue weighted by molar-refractivity contribution is -0.126. The molecule has 0 bridgehead atoms. The molecular weight excluding hydrogens is 477 g/mol.